The Morgan fingerprint density at radius 3 is 2.24 bits per heavy atom. The van der Waals surface area contributed by atoms with Gasteiger partial charge in [-0.25, -0.2) is 17.2 Å². The molecule has 0 fully saturated rings. The molecule has 12 heteroatoms. The molecule has 0 bridgehead atoms. The number of nitrogens with one attached hydrogen (secondary N) is 1. The highest BCUT2D eigenvalue weighted by Crippen LogP contribution is 2.34. The first-order valence-electron chi connectivity index (χ1n) is 13.0. The minimum Gasteiger partial charge on any atom is -0.486 e. The van der Waals surface area contributed by atoms with Gasteiger partial charge in [-0.3, -0.25) is 13.9 Å². The predicted molar refractivity (Wildman–Crippen MR) is 148 cm³/mol. The van der Waals surface area contributed by atoms with E-state index >= 15 is 0 Å². The average Bonchev–Trinajstić information content (AvgIpc) is 2.95. The van der Waals surface area contributed by atoms with E-state index in [1.165, 1.54) is 55.5 Å². The molecular formula is C29H31F2N3O6S. The molecule has 0 saturated heterocycles. The maximum atomic E-state index is 14.6. The summed E-state index contributed by atoms with van der Waals surface area (Å²) in [6.07, 6.45) is 0. The summed E-state index contributed by atoms with van der Waals surface area (Å²) in [5.74, 6) is -1.85. The Morgan fingerprint density at radius 1 is 0.927 bits per heavy atom. The molecule has 41 heavy (non-hydrogen) atoms. The number of carbonyl (C=O) groups excluding carboxylic acids is 2. The van der Waals surface area contributed by atoms with Gasteiger partial charge >= 0.3 is 0 Å². The normalized spacial score (nSPS) is 13.4. The number of benzene rings is 3. The Morgan fingerprint density at radius 2 is 1.59 bits per heavy atom. The van der Waals surface area contributed by atoms with E-state index in [1.54, 1.807) is 19.9 Å². The summed E-state index contributed by atoms with van der Waals surface area (Å²) in [5.41, 5.74) is 0.160. The van der Waals surface area contributed by atoms with Gasteiger partial charge in [0.15, 0.2) is 11.5 Å². The summed E-state index contributed by atoms with van der Waals surface area (Å²) in [5, 5.41) is 2.73. The highest BCUT2D eigenvalue weighted by Gasteiger charge is 2.33. The lowest BCUT2D eigenvalue weighted by atomic mass is 10.1. The fraction of sp³-hybridized carbons (Fsp3) is 0.310. The first-order valence-corrected chi connectivity index (χ1v) is 14.4. The smallest absolute Gasteiger partial charge is 0.264 e. The number of fused-ring (bicyclic) bond motifs is 1. The molecule has 1 atom stereocenters. The van der Waals surface area contributed by atoms with Crippen LogP contribution in [0.3, 0.4) is 0 Å². The van der Waals surface area contributed by atoms with Gasteiger partial charge in [0, 0.05) is 24.2 Å². The molecule has 1 N–H and O–H groups in total. The van der Waals surface area contributed by atoms with Crippen LogP contribution >= 0.6 is 0 Å². The predicted octanol–water partition coefficient (Wildman–Crippen LogP) is 3.87. The van der Waals surface area contributed by atoms with E-state index in [0.29, 0.717) is 12.4 Å². The van der Waals surface area contributed by atoms with Crippen molar-refractivity contribution in [3.63, 3.8) is 0 Å². The number of amides is 2. The second-order valence-electron chi connectivity index (χ2n) is 9.75. The fourth-order valence-electron chi connectivity index (χ4n) is 4.25. The second-order valence-corrected chi connectivity index (χ2v) is 11.6. The molecule has 1 aliphatic heterocycles. The van der Waals surface area contributed by atoms with Crippen LogP contribution in [-0.2, 0) is 26.2 Å². The number of rotatable bonds is 10. The van der Waals surface area contributed by atoms with Gasteiger partial charge < -0.3 is 19.7 Å². The zero-order valence-electron chi connectivity index (χ0n) is 22.8. The van der Waals surface area contributed by atoms with Crippen molar-refractivity contribution >= 4 is 27.5 Å². The van der Waals surface area contributed by atoms with Crippen LogP contribution in [0, 0.1) is 11.6 Å². The summed E-state index contributed by atoms with van der Waals surface area (Å²) in [4.78, 5) is 27.7. The Balaban J connectivity index is 1.73. The minimum atomic E-state index is -4.42. The summed E-state index contributed by atoms with van der Waals surface area (Å²) in [6, 6.07) is 13.2. The first kappa shape index (κ1) is 29.8. The van der Waals surface area contributed by atoms with E-state index in [4.69, 9.17) is 9.47 Å². The van der Waals surface area contributed by atoms with Gasteiger partial charge in [-0.1, -0.05) is 18.2 Å². The molecule has 0 aliphatic carbocycles. The molecule has 4 rings (SSSR count). The monoisotopic (exact) mass is 587 g/mol. The molecule has 0 radical (unpaired) electrons. The van der Waals surface area contributed by atoms with Crippen molar-refractivity contribution < 1.29 is 36.3 Å². The van der Waals surface area contributed by atoms with E-state index in [2.05, 4.69) is 5.32 Å². The number of nitrogens with zero attached hydrogens (tertiary/aromatic N) is 2. The van der Waals surface area contributed by atoms with Crippen molar-refractivity contribution in [2.24, 2.45) is 0 Å². The molecular weight excluding hydrogens is 556 g/mol. The van der Waals surface area contributed by atoms with E-state index in [-0.39, 0.29) is 41.1 Å². The fourth-order valence-corrected chi connectivity index (χ4v) is 5.68. The number of anilines is 1. The number of sulfonamides is 1. The van der Waals surface area contributed by atoms with Gasteiger partial charge in [0.05, 0.1) is 10.6 Å². The van der Waals surface area contributed by atoms with Gasteiger partial charge in [-0.2, -0.15) is 0 Å². The molecule has 0 saturated carbocycles. The third-order valence-corrected chi connectivity index (χ3v) is 8.16. The lowest BCUT2D eigenvalue weighted by molar-refractivity contribution is -0.139. The third-order valence-electron chi connectivity index (χ3n) is 6.39. The highest BCUT2D eigenvalue weighted by atomic mass is 32.2. The summed E-state index contributed by atoms with van der Waals surface area (Å²) in [7, 11) is -4.42. The van der Waals surface area contributed by atoms with Crippen molar-refractivity contribution in [3.8, 4) is 11.5 Å². The van der Waals surface area contributed by atoms with Crippen LogP contribution in [0.15, 0.2) is 71.6 Å². The van der Waals surface area contributed by atoms with Crippen molar-refractivity contribution in [3.05, 3.63) is 83.9 Å². The summed E-state index contributed by atoms with van der Waals surface area (Å²) >= 11 is 0. The summed E-state index contributed by atoms with van der Waals surface area (Å²) < 4.78 is 68.1. The largest absolute Gasteiger partial charge is 0.486 e. The van der Waals surface area contributed by atoms with E-state index in [0.717, 1.165) is 21.3 Å². The molecule has 1 heterocycles. The molecule has 218 valence electrons. The number of ether oxygens (including phenoxy) is 2. The van der Waals surface area contributed by atoms with Crippen molar-refractivity contribution in [2.45, 2.75) is 44.3 Å². The molecule has 3 aromatic rings. The van der Waals surface area contributed by atoms with Crippen LogP contribution in [0.5, 0.6) is 11.5 Å². The molecule has 1 unspecified atom stereocenters. The lowest BCUT2D eigenvalue weighted by Crippen LogP contribution is -2.52. The van der Waals surface area contributed by atoms with E-state index in [9.17, 15) is 26.8 Å². The zero-order chi connectivity index (χ0) is 29.7. The van der Waals surface area contributed by atoms with Gasteiger partial charge in [0.2, 0.25) is 11.8 Å². The lowest BCUT2D eigenvalue weighted by Gasteiger charge is -2.32. The Kier molecular flexibility index (Phi) is 9.11. The standard InChI is InChI=1S/C29H31F2N3O6S/c1-19(2)32-29(36)20(3)33(17-21-6-4-5-7-25(21)31)28(35)18-34(23-10-8-22(30)9-11-23)41(37,38)24-12-13-26-27(16-24)40-15-14-39-26/h4-13,16,19-20H,14-15,17-18H2,1-3H3,(H,32,36). The Hall–Kier alpha value is -4.19. The van der Waals surface area contributed by atoms with Crippen LogP contribution in [0.2, 0.25) is 0 Å². The number of halogens is 2. The van der Waals surface area contributed by atoms with Crippen LogP contribution in [0.1, 0.15) is 26.3 Å². The van der Waals surface area contributed by atoms with E-state index < -0.39 is 46.1 Å². The Labute approximate surface area is 237 Å². The van der Waals surface area contributed by atoms with Gasteiger partial charge in [0.1, 0.15) is 37.4 Å². The number of carbonyl (C=O) groups is 2. The van der Waals surface area contributed by atoms with E-state index in [1.807, 2.05) is 0 Å². The Bertz CT molecular complexity index is 1520. The number of hydrogen-bond acceptors (Lipinski definition) is 6. The van der Waals surface area contributed by atoms with Crippen molar-refractivity contribution in [1.29, 1.82) is 0 Å². The minimum absolute atomic E-state index is 0.0137. The maximum absolute atomic E-state index is 14.6. The van der Waals surface area contributed by atoms with Gasteiger partial charge in [-0.05, 0) is 63.2 Å². The molecule has 0 aromatic heterocycles. The SMILES string of the molecule is CC(C)NC(=O)C(C)N(Cc1ccccc1F)C(=O)CN(c1ccc(F)cc1)S(=O)(=O)c1ccc2c(c1)OCCO2. The highest BCUT2D eigenvalue weighted by molar-refractivity contribution is 7.92. The molecule has 3 aromatic carbocycles. The van der Waals surface area contributed by atoms with Crippen LogP contribution in [0.4, 0.5) is 14.5 Å². The molecule has 2 amide bonds. The quantitative estimate of drug-likeness (QED) is 0.386. The van der Waals surface area contributed by atoms with Gasteiger partial charge in [-0.15, -0.1) is 0 Å². The van der Waals surface area contributed by atoms with Crippen LogP contribution in [0.25, 0.3) is 0 Å². The van der Waals surface area contributed by atoms with Crippen molar-refractivity contribution in [1.82, 2.24) is 10.2 Å². The number of hydrogen-bond donors (Lipinski definition) is 1. The first-order chi connectivity index (χ1) is 19.5. The molecule has 9 nitrogen and oxygen atoms in total. The molecule has 1 aliphatic rings. The zero-order valence-corrected chi connectivity index (χ0v) is 23.7. The van der Waals surface area contributed by atoms with Crippen molar-refractivity contribution in [2.75, 3.05) is 24.1 Å². The summed E-state index contributed by atoms with van der Waals surface area (Å²) in [6.45, 7) is 4.49. The van der Waals surface area contributed by atoms with Crippen LogP contribution < -0.4 is 19.1 Å². The molecule has 0 spiro atoms. The second kappa shape index (κ2) is 12.5. The average molecular weight is 588 g/mol. The van der Waals surface area contributed by atoms with Crippen LogP contribution in [-0.4, -0.2) is 57.0 Å². The maximum Gasteiger partial charge on any atom is 0.264 e. The topological polar surface area (TPSA) is 105 Å². The van der Waals surface area contributed by atoms with Gasteiger partial charge in [0.25, 0.3) is 10.0 Å². The third kappa shape index (κ3) is 6.94.